The van der Waals surface area contributed by atoms with Crippen LogP contribution in [0.25, 0.3) is 22.5 Å². The van der Waals surface area contributed by atoms with E-state index in [0.29, 0.717) is 4.90 Å². The standard InChI is InChI=1S/C16H14N2O2S/c1-18-10-9-17-16(18)14-4-2-3-13(11-14)12-5-7-15(8-6-12)21(19)20/h2-11,21H,1H3. The van der Waals surface area contributed by atoms with Gasteiger partial charge in [-0.15, -0.1) is 0 Å². The summed E-state index contributed by atoms with van der Waals surface area (Å²) in [6, 6.07) is 14.9. The molecule has 2 aromatic carbocycles. The van der Waals surface area contributed by atoms with Crippen LogP contribution in [-0.2, 0) is 17.8 Å². The highest BCUT2D eigenvalue weighted by atomic mass is 32.2. The molecule has 21 heavy (non-hydrogen) atoms. The molecule has 3 rings (SSSR count). The topological polar surface area (TPSA) is 52.0 Å². The molecule has 0 N–H and O–H groups in total. The summed E-state index contributed by atoms with van der Waals surface area (Å²) in [4.78, 5) is 4.67. The Morgan fingerprint density at radius 2 is 1.67 bits per heavy atom. The first kappa shape index (κ1) is 13.6. The maximum atomic E-state index is 10.9. The molecule has 106 valence electrons. The van der Waals surface area contributed by atoms with E-state index in [0.717, 1.165) is 22.5 Å². The van der Waals surface area contributed by atoms with Gasteiger partial charge in [0.1, 0.15) is 5.82 Å². The SMILES string of the molecule is Cn1ccnc1-c1cccc(-c2ccc([SH](=O)=O)cc2)c1. The second kappa shape index (κ2) is 5.54. The van der Waals surface area contributed by atoms with Crippen LogP contribution in [0.1, 0.15) is 0 Å². The number of hydrogen-bond acceptors (Lipinski definition) is 3. The van der Waals surface area contributed by atoms with Crippen LogP contribution in [0.3, 0.4) is 0 Å². The minimum Gasteiger partial charge on any atom is -0.334 e. The summed E-state index contributed by atoms with van der Waals surface area (Å²) in [5, 5.41) is 0. The summed E-state index contributed by atoms with van der Waals surface area (Å²) < 4.78 is 23.8. The van der Waals surface area contributed by atoms with Gasteiger partial charge in [0.2, 0.25) is 0 Å². The van der Waals surface area contributed by atoms with Crippen molar-refractivity contribution < 1.29 is 8.42 Å². The van der Waals surface area contributed by atoms with E-state index in [-0.39, 0.29) is 0 Å². The fourth-order valence-electron chi connectivity index (χ4n) is 2.26. The largest absolute Gasteiger partial charge is 0.334 e. The third-order valence-corrected chi connectivity index (χ3v) is 4.07. The van der Waals surface area contributed by atoms with Crippen molar-refractivity contribution in [2.75, 3.05) is 0 Å². The Bertz CT molecular complexity index is 841. The lowest BCUT2D eigenvalue weighted by atomic mass is 10.0. The van der Waals surface area contributed by atoms with Crippen LogP contribution >= 0.6 is 0 Å². The molecule has 0 aliphatic rings. The van der Waals surface area contributed by atoms with E-state index in [1.165, 1.54) is 0 Å². The van der Waals surface area contributed by atoms with E-state index >= 15 is 0 Å². The van der Waals surface area contributed by atoms with Crippen molar-refractivity contribution in [2.45, 2.75) is 4.90 Å². The van der Waals surface area contributed by atoms with Crippen LogP contribution in [-0.4, -0.2) is 18.0 Å². The number of aryl methyl sites for hydroxylation is 1. The Balaban J connectivity index is 2.02. The van der Waals surface area contributed by atoms with Crippen LogP contribution < -0.4 is 0 Å². The van der Waals surface area contributed by atoms with Crippen LogP contribution in [0.5, 0.6) is 0 Å². The molecule has 0 aliphatic carbocycles. The quantitative estimate of drug-likeness (QED) is 0.756. The Hall–Kier alpha value is -2.40. The van der Waals surface area contributed by atoms with Crippen molar-refractivity contribution in [3.63, 3.8) is 0 Å². The Morgan fingerprint density at radius 3 is 2.29 bits per heavy atom. The maximum Gasteiger partial charge on any atom is 0.168 e. The molecular weight excluding hydrogens is 284 g/mol. The van der Waals surface area contributed by atoms with Gasteiger partial charge in [0.15, 0.2) is 10.7 Å². The van der Waals surface area contributed by atoms with Crippen molar-refractivity contribution >= 4 is 10.7 Å². The van der Waals surface area contributed by atoms with Crippen LogP contribution in [0.4, 0.5) is 0 Å². The first-order chi connectivity index (χ1) is 10.1. The lowest BCUT2D eigenvalue weighted by molar-refractivity contribution is 0.614. The van der Waals surface area contributed by atoms with Gasteiger partial charge in [-0.25, -0.2) is 13.4 Å². The number of aromatic nitrogens is 2. The molecule has 4 nitrogen and oxygen atoms in total. The van der Waals surface area contributed by atoms with Crippen molar-refractivity contribution in [3.8, 4) is 22.5 Å². The van der Waals surface area contributed by atoms with E-state index in [1.54, 1.807) is 18.3 Å². The molecule has 5 heteroatoms. The smallest absolute Gasteiger partial charge is 0.168 e. The van der Waals surface area contributed by atoms with E-state index in [1.807, 2.05) is 48.1 Å². The average Bonchev–Trinajstić information content (AvgIpc) is 2.94. The maximum absolute atomic E-state index is 10.9. The van der Waals surface area contributed by atoms with E-state index in [4.69, 9.17) is 0 Å². The second-order valence-corrected chi connectivity index (χ2v) is 5.78. The van der Waals surface area contributed by atoms with Gasteiger partial charge in [-0.1, -0.05) is 30.3 Å². The molecule has 0 radical (unpaired) electrons. The molecule has 0 saturated carbocycles. The number of thiol groups is 1. The van der Waals surface area contributed by atoms with Gasteiger partial charge in [-0.05, 0) is 29.3 Å². The highest BCUT2D eigenvalue weighted by Crippen LogP contribution is 2.25. The van der Waals surface area contributed by atoms with E-state index in [9.17, 15) is 8.42 Å². The van der Waals surface area contributed by atoms with Gasteiger partial charge in [-0.3, -0.25) is 0 Å². The number of hydrogen-bond donors (Lipinski definition) is 1. The zero-order chi connectivity index (χ0) is 14.8. The Morgan fingerprint density at radius 1 is 0.952 bits per heavy atom. The first-order valence-electron chi connectivity index (χ1n) is 6.48. The summed E-state index contributed by atoms with van der Waals surface area (Å²) in [6.07, 6.45) is 3.67. The van der Waals surface area contributed by atoms with Gasteiger partial charge in [0.25, 0.3) is 0 Å². The number of imidazole rings is 1. The summed E-state index contributed by atoms with van der Waals surface area (Å²) in [5.41, 5.74) is 3.04. The Labute approximate surface area is 124 Å². The third-order valence-electron chi connectivity index (χ3n) is 3.35. The monoisotopic (exact) mass is 298 g/mol. The zero-order valence-corrected chi connectivity index (χ0v) is 12.3. The lowest BCUT2D eigenvalue weighted by Gasteiger charge is -2.06. The Kier molecular flexibility index (Phi) is 3.58. The van der Waals surface area contributed by atoms with Gasteiger partial charge < -0.3 is 4.57 Å². The predicted molar refractivity (Wildman–Crippen MR) is 82.7 cm³/mol. The van der Waals surface area contributed by atoms with Crippen molar-refractivity contribution in [1.29, 1.82) is 0 Å². The molecule has 1 aromatic heterocycles. The molecule has 0 saturated heterocycles. The van der Waals surface area contributed by atoms with Crippen molar-refractivity contribution in [2.24, 2.45) is 7.05 Å². The van der Waals surface area contributed by atoms with Crippen LogP contribution in [0, 0.1) is 0 Å². The fourth-order valence-corrected chi connectivity index (χ4v) is 2.65. The summed E-state index contributed by atoms with van der Waals surface area (Å²) in [5.74, 6) is 0.899. The highest BCUT2D eigenvalue weighted by Gasteiger charge is 2.05. The van der Waals surface area contributed by atoms with Crippen LogP contribution in [0.15, 0.2) is 65.8 Å². The zero-order valence-electron chi connectivity index (χ0n) is 11.4. The average molecular weight is 298 g/mol. The molecule has 0 amide bonds. The third kappa shape index (κ3) is 2.73. The van der Waals surface area contributed by atoms with Crippen molar-refractivity contribution in [3.05, 3.63) is 60.9 Å². The molecule has 0 atom stereocenters. The molecule has 1 heterocycles. The molecule has 3 aromatic rings. The molecule has 0 aliphatic heterocycles. The van der Waals surface area contributed by atoms with Gasteiger partial charge in [0, 0.05) is 25.0 Å². The normalized spacial score (nSPS) is 11.0. The number of nitrogens with zero attached hydrogens (tertiary/aromatic N) is 2. The fraction of sp³-hybridized carbons (Fsp3) is 0.0625. The summed E-state index contributed by atoms with van der Waals surface area (Å²) in [6.45, 7) is 0. The first-order valence-corrected chi connectivity index (χ1v) is 7.65. The molecule has 0 spiro atoms. The van der Waals surface area contributed by atoms with E-state index < -0.39 is 10.7 Å². The lowest BCUT2D eigenvalue weighted by Crippen LogP contribution is -1.91. The van der Waals surface area contributed by atoms with Gasteiger partial charge >= 0.3 is 0 Å². The van der Waals surface area contributed by atoms with Gasteiger partial charge in [0.05, 0.1) is 4.90 Å². The predicted octanol–water partition coefficient (Wildman–Crippen LogP) is 2.72. The summed E-state index contributed by atoms with van der Waals surface area (Å²) in [7, 11) is -0.577. The van der Waals surface area contributed by atoms with Gasteiger partial charge in [-0.2, -0.15) is 0 Å². The summed E-state index contributed by atoms with van der Waals surface area (Å²) >= 11 is 0. The highest BCUT2D eigenvalue weighted by molar-refractivity contribution is 7.72. The minimum atomic E-state index is -2.53. The number of rotatable bonds is 3. The molecule has 0 fully saturated rings. The molecule has 0 unspecified atom stereocenters. The second-order valence-electron chi connectivity index (χ2n) is 4.75. The number of benzene rings is 2. The van der Waals surface area contributed by atoms with E-state index in [2.05, 4.69) is 11.1 Å². The van der Waals surface area contributed by atoms with Crippen LogP contribution in [0.2, 0.25) is 0 Å². The molecular formula is C16H14N2O2S. The minimum absolute atomic E-state index is 0.328. The van der Waals surface area contributed by atoms with Crippen molar-refractivity contribution in [1.82, 2.24) is 9.55 Å². The molecule has 0 bridgehead atoms.